The van der Waals surface area contributed by atoms with Gasteiger partial charge in [0.2, 0.25) is 6.41 Å². The van der Waals surface area contributed by atoms with Gasteiger partial charge >= 0.3 is 0 Å². The number of amides is 1. The molecule has 1 unspecified atom stereocenters. The molecule has 0 aliphatic carbocycles. The summed E-state index contributed by atoms with van der Waals surface area (Å²) in [5.74, 6) is 0. The second kappa shape index (κ2) is 5.83. The summed E-state index contributed by atoms with van der Waals surface area (Å²) >= 11 is 0. The Kier molecular flexibility index (Phi) is 3.92. The number of piperazine rings is 1. The fourth-order valence-electron chi connectivity index (χ4n) is 3.14. The lowest BCUT2D eigenvalue weighted by Gasteiger charge is -2.32. The Morgan fingerprint density at radius 2 is 2.10 bits per heavy atom. The van der Waals surface area contributed by atoms with Gasteiger partial charge in [-0.05, 0) is 37.0 Å². The van der Waals surface area contributed by atoms with Crippen molar-refractivity contribution in [2.24, 2.45) is 0 Å². The molecule has 1 saturated heterocycles. The van der Waals surface area contributed by atoms with Gasteiger partial charge in [0, 0.05) is 44.5 Å². The zero-order valence-electron chi connectivity index (χ0n) is 12.1. The molecule has 1 amide bonds. The Balaban J connectivity index is 1.52. The molecule has 4 nitrogen and oxygen atoms in total. The number of hydrogen-bond acceptors (Lipinski definition) is 3. The molecule has 108 valence electrons. The van der Waals surface area contributed by atoms with E-state index in [0.29, 0.717) is 6.04 Å². The van der Waals surface area contributed by atoms with Crippen molar-refractivity contribution in [1.82, 2.24) is 9.80 Å². The third kappa shape index (κ3) is 2.96. The van der Waals surface area contributed by atoms with Gasteiger partial charge in [-0.25, -0.2) is 0 Å². The summed E-state index contributed by atoms with van der Waals surface area (Å²) in [6.45, 7) is 7.06. The molecule has 1 fully saturated rings. The van der Waals surface area contributed by atoms with Crippen LogP contribution in [-0.2, 0) is 17.6 Å². The van der Waals surface area contributed by atoms with Crippen LogP contribution in [0.1, 0.15) is 18.1 Å². The molecule has 0 saturated carbocycles. The minimum atomic E-state index is 0.566. The van der Waals surface area contributed by atoms with Crippen LogP contribution in [0.2, 0.25) is 0 Å². The highest BCUT2D eigenvalue weighted by molar-refractivity contribution is 5.57. The minimum Gasteiger partial charge on any atom is -0.382 e. The number of fused-ring (bicyclic) bond motifs is 1. The van der Waals surface area contributed by atoms with Gasteiger partial charge < -0.3 is 10.2 Å². The molecule has 1 atom stereocenters. The number of benzene rings is 1. The minimum absolute atomic E-state index is 0.566. The number of carbonyl (C=O) groups excluding carboxylic acids is 1. The number of anilines is 1. The molecule has 3 rings (SSSR count). The maximum atomic E-state index is 10.7. The summed E-state index contributed by atoms with van der Waals surface area (Å²) in [4.78, 5) is 15.0. The van der Waals surface area contributed by atoms with E-state index in [9.17, 15) is 4.79 Å². The molecular weight excluding hydrogens is 250 g/mol. The normalized spacial score (nSPS) is 22.4. The van der Waals surface area contributed by atoms with E-state index >= 15 is 0 Å². The average molecular weight is 273 g/mol. The van der Waals surface area contributed by atoms with Crippen molar-refractivity contribution in [3.63, 3.8) is 0 Å². The molecule has 4 heteroatoms. The SMILES string of the molecule is CC1Cc2cc(CCN3CCN(C=O)CC3)ccc2N1. The zero-order valence-corrected chi connectivity index (χ0v) is 12.1. The van der Waals surface area contributed by atoms with E-state index < -0.39 is 0 Å². The lowest BCUT2D eigenvalue weighted by Crippen LogP contribution is -2.46. The van der Waals surface area contributed by atoms with E-state index in [0.717, 1.165) is 52.0 Å². The first-order valence-electron chi connectivity index (χ1n) is 7.54. The van der Waals surface area contributed by atoms with Crippen molar-refractivity contribution in [3.05, 3.63) is 29.3 Å². The van der Waals surface area contributed by atoms with E-state index in [4.69, 9.17) is 0 Å². The van der Waals surface area contributed by atoms with Gasteiger partial charge in [0.05, 0.1) is 0 Å². The highest BCUT2D eigenvalue weighted by Crippen LogP contribution is 2.26. The van der Waals surface area contributed by atoms with Gasteiger partial charge in [-0.1, -0.05) is 12.1 Å². The summed E-state index contributed by atoms with van der Waals surface area (Å²) in [6, 6.07) is 7.38. The predicted octanol–water partition coefficient (Wildman–Crippen LogP) is 1.36. The molecule has 0 bridgehead atoms. The molecule has 2 aliphatic rings. The molecule has 0 radical (unpaired) electrons. The number of nitrogens with zero attached hydrogens (tertiary/aromatic N) is 2. The van der Waals surface area contributed by atoms with E-state index in [-0.39, 0.29) is 0 Å². The first-order chi connectivity index (χ1) is 9.74. The molecule has 0 spiro atoms. The van der Waals surface area contributed by atoms with E-state index in [1.165, 1.54) is 16.8 Å². The Morgan fingerprint density at radius 3 is 2.85 bits per heavy atom. The number of hydrogen-bond donors (Lipinski definition) is 1. The molecule has 1 N–H and O–H groups in total. The van der Waals surface area contributed by atoms with Crippen molar-refractivity contribution in [2.45, 2.75) is 25.8 Å². The van der Waals surface area contributed by atoms with Gasteiger partial charge in [0.15, 0.2) is 0 Å². The molecule has 1 aromatic rings. The lowest BCUT2D eigenvalue weighted by atomic mass is 10.0. The highest BCUT2D eigenvalue weighted by atomic mass is 16.1. The van der Waals surface area contributed by atoms with Crippen LogP contribution in [0.15, 0.2) is 18.2 Å². The van der Waals surface area contributed by atoms with Gasteiger partial charge in [-0.15, -0.1) is 0 Å². The summed E-state index contributed by atoms with van der Waals surface area (Å²) < 4.78 is 0. The quantitative estimate of drug-likeness (QED) is 0.841. The molecule has 20 heavy (non-hydrogen) atoms. The Morgan fingerprint density at radius 1 is 1.30 bits per heavy atom. The molecule has 2 heterocycles. The predicted molar refractivity (Wildman–Crippen MR) is 81.0 cm³/mol. The molecular formula is C16H23N3O. The van der Waals surface area contributed by atoms with Crippen molar-refractivity contribution < 1.29 is 4.79 Å². The maximum Gasteiger partial charge on any atom is 0.209 e. The number of carbonyl (C=O) groups is 1. The highest BCUT2D eigenvalue weighted by Gasteiger charge is 2.18. The van der Waals surface area contributed by atoms with Gasteiger partial charge in [-0.2, -0.15) is 0 Å². The van der Waals surface area contributed by atoms with Crippen LogP contribution in [0.5, 0.6) is 0 Å². The van der Waals surface area contributed by atoms with Crippen LogP contribution in [0.3, 0.4) is 0 Å². The first kappa shape index (κ1) is 13.4. The molecule has 1 aromatic carbocycles. The standard InChI is InChI=1S/C16H23N3O/c1-13-10-15-11-14(2-3-16(15)17-13)4-5-18-6-8-19(12-20)9-7-18/h2-3,11-13,17H,4-10H2,1H3. The Hall–Kier alpha value is -1.55. The molecule has 2 aliphatic heterocycles. The van der Waals surface area contributed by atoms with Crippen molar-refractivity contribution >= 4 is 12.1 Å². The second-order valence-electron chi connectivity index (χ2n) is 5.97. The van der Waals surface area contributed by atoms with E-state index in [1.54, 1.807) is 0 Å². The molecule has 0 aromatic heterocycles. The third-order valence-corrected chi connectivity index (χ3v) is 4.37. The summed E-state index contributed by atoms with van der Waals surface area (Å²) in [5.41, 5.74) is 4.19. The largest absolute Gasteiger partial charge is 0.382 e. The fourth-order valence-corrected chi connectivity index (χ4v) is 3.14. The third-order valence-electron chi connectivity index (χ3n) is 4.37. The smallest absolute Gasteiger partial charge is 0.209 e. The van der Waals surface area contributed by atoms with Gasteiger partial charge in [-0.3, -0.25) is 9.69 Å². The van der Waals surface area contributed by atoms with Crippen LogP contribution >= 0.6 is 0 Å². The van der Waals surface area contributed by atoms with Crippen LogP contribution in [-0.4, -0.2) is 55.0 Å². The van der Waals surface area contributed by atoms with Crippen LogP contribution in [0.4, 0.5) is 5.69 Å². The average Bonchev–Trinajstić information content (AvgIpc) is 2.85. The Labute approximate surface area is 120 Å². The second-order valence-corrected chi connectivity index (χ2v) is 5.97. The van der Waals surface area contributed by atoms with E-state index in [2.05, 4.69) is 35.3 Å². The van der Waals surface area contributed by atoms with Crippen molar-refractivity contribution in [2.75, 3.05) is 38.0 Å². The zero-order chi connectivity index (χ0) is 13.9. The van der Waals surface area contributed by atoms with Crippen LogP contribution in [0, 0.1) is 0 Å². The van der Waals surface area contributed by atoms with Crippen LogP contribution < -0.4 is 5.32 Å². The van der Waals surface area contributed by atoms with Gasteiger partial charge in [0.25, 0.3) is 0 Å². The Bertz CT molecular complexity index is 481. The summed E-state index contributed by atoms with van der Waals surface area (Å²) in [6.07, 6.45) is 3.20. The lowest BCUT2D eigenvalue weighted by molar-refractivity contribution is -0.119. The number of nitrogens with one attached hydrogen (secondary N) is 1. The fraction of sp³-hybridized carbons (Fsp3) is 0.562. The topological polar surface area (TPSA) is 35.6 Å². The van der Waals surface area contributed by atoms with Crippen molar-refractivity contribution in [1.29, 1.82) is 0 Å². The van der Waals surface area contributed by atoms with E-state index in [1.807, 2.05) is 4.90 Å². The number of rotatable bonds is 4. The van der Waals surface area contributed by atoms with Crippen LogP contribution in [0.25, 0.3) is 0 Å². The summed E-state index contributed by atoms with van der Waals surface area (Å²) in [5, 5.41) is 3.49. The van der Waals surface area contributed by atoms with Gasteiger partial charge in [0.1, 0.15) is 0 Å². The monoisotopic (exact) mass is 273 g/mol. The summed E-state index contributed by atoms with van der Waals surface area (Å²) in [7, 11) is 0. The maximum absolute atomic E-state index is 10.7. The van der Waals surface area contributed by atoms with Crippen molar-refractivity contribution in [3.8, 4) is 0 Å². The first-order valence-corrected chi connectivity index (χ1v) is 7.54.